The van der Waals surface area contributed by atoms with Crippen molar-refractivity contribution >= 4 is 0 Å². The van der Waals surface area contributed by atoms with Crippen molar-refractivity contribution in [2.75, 3.05) is 27.2 Å². The van der Waals surface area contributed by atoms with E-state index in [9.17, 15) is 0 Å². The van der Waals surface area contributed by atoms with E-state index >= 15 is 0 Å². The second-order valence-electron chi connectivity index (χ2n) is 3.28. The molecule has 0 aliphatic carbocycles. The first-order chi connectivity index (χ1) is 5.16. The monoisotopic (exact) mass is 159 g/mol. The largest absolute Gasteiger partial charge is 0.330 e. The van der Waals surface area contributed by atoms with Crippen LogP contribution in [-0.4, -0.2) is 38.1 Å². The molecule has 0 radical (unpaired) electrons. The van der Waals surface area contributed by atoms with Gasteiger partial charge in [0.15, 0.2) is 0 Å². The van der Waals surface area contributed by atoms with Gasteiger partial charge in [-0.25, -0.2) is 0 Å². The zero-order valence-corrected chi connectivity index (χ0v) is 7.71. The lowest BCUT2D eigenvalue weighted by Gasteiger charge is -2.12. The van der Waals surface area contributed by atoms with E-state index in [2.05, 4.69) is 19.0 Å². The van der Waals surface area contributed by atoms with E-state index in [1.165, 1.54) is 6.42 Å². The van der Waals surface area contributed by atoms with Crippen LogP contribution < -0.4 is 11.5 Å². The first-order valence-electron chi connectivity index (χ1n) is 4.27. The molecule has 3 heteroatoms. The Balaban J connectivity index is 3.10. The number of nitrogens with zero attached hydrogens (tertiary/aromatic N) is 1. The third-order valence-corrected chi connectivity index (χ3v) is 1.72. The number of hydrogen-bond acceptors (Lipinski definition) is 3. The minimum atomic E-state index is 0.306. The predicted molar refractivity (Wildman–Crippen MR) is 49.4 cm³/mol. The molecule has 1 atom stereocenters. The standard InChI is InChI=1S/C8H21N3/c1-11(2)7-3-4-8(10)5-6-9/h8H,3-7,9-10H2,1-2H3. The normalized spacial score (nSPS) is 13.9. The molecule has 0 aromatic heterocycles. The summed E-state index contributed by atoms with van der Waals surface area (Å²) in [6, 6.07) is 0.306. The minimum Gasteiger partial charge on any atom is -0.330 e. The summed E-state index contributed by atoms with van der Waals surface area (Å²) < 4.78 is 0. The molecule has 11 heavy (non-hydrogen) atoms. The number of hydrogen-bond donors (Lipinski definition) is 2. The van der Waals surface area contributed by atoms with Crippen molar-refractivity contribution in [3.8, 4) is 0 Å². The molecule has 68 valence electrons. The molecule has 0 aromatic rings. The Bertz CT molecular complexity index is 83.4. The lowest BCUT2D eigenvalue weighted by molar-refractivity contribution is 0.382. The van der Waals surface area contributed by atoms with Crippen LogP contribution in [0.4, 0.5) is 0 Å². The van der Waals surface area contributed by atoms with Crippen molar-refractivity contribution in [1.29, 1.82) is 0 Å². The van der Waals surface area contributed by atoms with Crippen molar-refractivity contribution in [3.63, 3.8) is 0 Å². The Labute approximate surface area is 69.7 Å². The summed E-state index contributed by atoms with van der Waals surface area (Å²) in [4.78, 5) is 2.18. The Morgan fingerprint density at radius 3 is 2.36 bits per heavy atom. The lowest BCUT2D eigenvalue weighted by atomic mass is 10.1. The van der Waals surface area contributed by atoms with Crippen molar-refractivity contribution in [1.82, 2.24) is 4.90 Å². The highest BCUT2D eigenvalue weighted by molar-refractivity contribution is 4.62. The maximum atomic E-state index is 5.77. The van der Waals surface area contributed by atoms with Crippen LogP contribution in [0.25, 0.3) is 0 Å². The van der Waals surface area contributed by atoms with Gasteiger partial charge in [0.25, 0.3) is 0 Å². The van der Waals surface area contributed by atoms with Crippen LogP contribution in [-0.2, 0) is 0 Å². The highest BCUT2D eigenvalue weighted by Crippen LogP contribution is 1.98. The molecule has 0 bridgehead atoms. The summed E-state index contributed by atoms with van der Waals surface area (Å²) in [6.07, 6.45) is 3.22. The van der Waals surface area contributed by atoms with Crippen LogP contribution in [0.2, 0.25) is 0 Å². The third kappa shape index (κ3) is 7.78. The summed E-state index contributed by atoms with van der Waals surface area (Å²) in [5, 5.41) is 0. The Morgan fingerprint density at radius 2 is 1.91 bits per heavy atom. The minimum absolute atomic E-state index is 0.306. The van der Waals surface area contributed by atoms with Crippen LogP contribution in [0.5, 0.6) is 0 Å². The molecule has 0 aliphatic heterocycles. The van der Waals surface area contributed by atoms with Gasteiger partial charge < -0.3 is 16.4 Å². The number of rotatable bonds is 6. The van der Waals surface area contributed by atoms with Gasteiger partial charge in [-0.15, -0.1) is 0 Å². The first-order valence-corrected chi connectivity index (χ1v) is 4.27. The van der Waals surface area contributed by atoms with Gasteiger partial charge in [-0.1, -0.05) is 0 Å². The summed E-state index contributed by atoms with van der Waals surface area (Å²) in [5.74, 6) is 0. The molecule has 3 nitrogen and oxygen atoms in total. The van der Waals surface area contributed by atoms with Crippen LogP contribution in [0.15, 0.2) is 0 Å². The second-order valence-corrected chi connectivity index (χ2v) is 3.28. The van der Waals surface area contributed by atoms with E-state index in [-0.39, 0.29) is 0 Å². The predicted octanol–water partition coefficient (Wildman–Crippen LogP) is 0.00430. The zero-order chi connectivity index (χ0) is 8.69. The summed E-state index contributed by atoms with van der Waals surface area (Å²) in [6.45, 7) is 1.83. The third-order valence-electron chi connectivity index (χ3n) is 1.72. The fourth-order valence-corrected chi connectivity index (χ4v) is 1.03. The van der Waals surface area contributed by atoms with Crippen molar-refractivity contribution < 1.29 is 0 Å². The molecule has 0 saturated carbocycles. The molecule has 0 saturated heterocycles. The van der Waals surface area contributed by atoms with Gasteiger partial charge in [-0.05, 0) is 46.4 Å². The lowest BCUT2D eigenvalue weighted by Crippen LogP contribution is -2.25. The van der Waals surface area contributed by atoms with E-state index in [1.54, 1.807) is 0 Å². The van der Waals surface area contributed by atoms with Gasteiger partial charge in [0, 0.05) is 6.04 Å². The molecule has 0 spiro atoms. The van der Waals surface area contributed by atoms with Gasteiger partial charge in [0.1, 0.15) is 0 Å². The smallest absolute Gasteiger partial charge is 0.00513 e. The van der Waals surface area contributed by atoms with Gasteiger partial charge in [-0.3, -0.25) is 0 Å². The number of nitrogens with two attached hydrogens (primary N) is 2. The Morgan fingerprint density at radius 1 is 1.27 bits per heavy atom. The molecule has 0 fully saturated rings. The van der Waals surface area contributed by atoms with Crippen LogP contribution >= 0.6 is 0 Å². The van der Waals surface area contributed by atoms with Crippen molar-refractivity contribution in [2.45, 2.75) is 25.3 Å². The molecule has 0 rings (SSSR count). The Hall–Kier alpha value is -0.120. The van der Waals surface area contributed by atoms with Crippen LogP contribution in [0, 0.1) is 0 Å². The van der Waals surface area contributed by atoms with E-state index in [4.69, 9.17) is 11.5 Å². The SMILES string of the molecule is CN(C)CCCC(N)CCN. The van der Waals surface area contributed by atoms with Gasteiger partial charge in [0.2, 0.25) is 0 Å². The highest BCUT2D eigenvalue weighted by Gasteiger charge is 2.00. The van der Waals surface area contributed by atoms with Gasteiger partial charge >= 0.3 is 0 Å². The first kappa shape index (κ1) is 10.9. The summed E-state index contributed by atoms with van der Waals surface area (Å²) in [7, 11) is 4.16. The molecule has 4 N–H and O–H groups in total. The Kier molecular flexibility index (Phi) is 6.51. The molecule has 0 aliphatic rings. The fourth-order valence-electron chi connectivity index (χ4n) is 1.03. The van der Waals surface area contributed by atoms with Crippen LogP contribution in [0.3, 0.4) is 0 Å². The van der Waals surface area contributed by atoms with Crippen molar-refractivity contribution in [2.24, 2.45) is 11.5 Å². The van der Waals surface area contributed by atoms with Gasteiger partial charge in [-0.2, -0.15) is 0 Å². The molecule has 0 heterocycles. The topological polar surface area (TPSA) is 55.3 Å². The molecular weight excluding hydrogens is 138 g/mol. The quantitative estimate of drug-likeness (QED) is 0.574. The van der Waals surface area contributed by atoms with Gasteiger partial charge in [0.05, 0.1) is 0 Å². The maximum absolute atomic E-state index is 5.77. The molecule has 0 amide bonds. The summed E-state index contributed by atoms with van der Waals surface area (Å²) in [5.41, 5.74) is 11.1. The molecule has 1 unspecified atom stereocenters. The van der Waals surface area contributed by atoms with E-state index in [0.29, 0.717) is 12.6 Å². The van der Waals surface area contributed by atoms with Crippen LogP contribution in [0.1, 0.15) is 19.3 Å². The van der Waals surface area contributed by atoms with E-state index < -0.39 is 0 Å². The maximum Gasteiger partial charge on any atom is 0.00513 e. The van der Waals surface area contributed by atoms with Crippen molar-refractivity contribution in [3.05, 3.63) is 0 Å². The fraction of sp³-hybridized carbons (Fsp3) is 1.00. The average Bonchev–Trinajstić information content (AvgIpc) is 1.87. The summed E-state index contributed by atoms with van der Waals surface area (Å²) >= 11 is 0. The van der Waals surface area contributed by atoms with E-state index in [1.807, 2.05) is 0 Å². The zero-order valence-electron chi connectivity index (χ0n) is 7.71. The highest BCUT2D eigenvalue weighted by atomic mass is 15.0. The molecule has 0 aromatic carbocycles. The van der Waals surface area contributed by atoms with E-state index in [0.717, 1.165) is 19.4 Å². The molecular formula is C8H21N3. The second kappa shape index (κ2) is 6.58. The average molecular weight is 159 g/mol.